The van der Waals surface area contributed by atoms with Crippen molar-refractivity contribution in [3.63, 3.8) is 0 Å². The van der Waals surface area contributed by atoms with E-state index in [1.54, 1.807) is 0 Å². The lowest BCUT2D eigenvalue weighted by atomic mass is 9.98. The molecule has 15 heavy (non-hydrogen) atoms. The molecule has 4 heteroatoms. The van der Waals surface area contributed by atoms with Crippen LogP contribution in [0.2, 0.25) is 0 Å². The summed E-state index contributed by atoms with van der Waals surface area (Å²) in [6.45, 7) is 6.96. The molecule has 88 valence electrons. The predicted molar refractivity (Wildman–Crippen MR) is 59.5 cm³/mol. The largest absolute Gasteiger partial charge is 0.396 e. The van der Waals surface area contributed by atoms with Crippen LogP contribution in [0.5, 0.6) is 0 Å². The Bertz CT molecular complexity index is 229. The van der Waals surface area contributed by atoms with Crippen molar-refractivity contribution in [3.05, 3.63) is 0 Å². The fourth-order valence-electron chi connectivity index (χ4n) is 1.94. The number of hydrogen-bond donors (Lipinski definition) is 3. The Balaban J connectivity index is 2.47. The molecule has 0 aromatic rings. The van der Waals surface area contributed by atoms with Crippen molar-refractivity contribution in [3.8, 4) is 0 Å². The summed E-state index contributed by atoms with van der Waals surface area (Å²) >= 11 is 0. The highest BCUT2D eigenvalue weighted by atomic mass is 16.3. The SMILES string of the molecule is CC1CCNC1C(=O)NC(C)(C)CCO. The van der Waals surface area contributed by atoms with Gasteiger partial charge in [-0.1, -0.05) is 6.92 Å². The van der Waals surface area contributed by atoms with Gasteiger partial charge < -0.3 is 15.7 Å². The third-order valence-electron chi connectivity index (χ3n) is 3.01. The van der Waals surface area contributed by atoms with Gasteiger partial charge >= 0.3 is 0 Å². The Morgan fingerprint density at radius 2 is 2.27 bits per heavy atom. The molecule has 1 heterocycles. The summed E-state index contributed by atoms with van der Waals surface area (Å²) in [7, 11) is 0. The number of hydrogen-bond acceptors (Lipinski definition) is 3. The number of nitrogens with one attached hydrogen (secondary N) is 2. The van der Waals surface area contributed by atoms with Gasteiger partial charge in [0.2, 0.25) is 5.91 Å². The number of carbonyl (C=O) groups is 1. The Hall–Kier alpha value is -0.610. The summed E-state index contributed by atoms with van der Waals surface area (Å²) in [6, 6.07) is -0.0667. The second-order valence-corrected chi connectivity index (χ2v) is 5.04. The van der Waals surface area contributed by atoms with Crippen molar-refractivity contribution < 1.29 is 9.90 Å². The van der Waals surface area contributed by atoms with Gasteiger partial charge in [-0.25, -0.2) is 0 Å². The van der Waals surface area contributed by atoms with E-state index in [-0.39, 0.29) is 24.1 Å². The monoisotopic (exact) mass is 214 g/mol. The van der Waals surface area contributed by atoms with Gasteiger partial charge in [-0.15, -0.1) is 0 Å². The zero-order valence-corrected chi connectivity index (χ0v) is 9.84. The highest BCUT2D eigenvalue weighted by molar-refractivity contribution is 5.83. The molecule has 0 bridgehead atoms. The predicted octanol–water partition coefficient (Wildman–Crippen LogP) is 0.262. The van der Waals surface area contributed by atoms with Crippen LogP contribution in [0.15, 0.2) is 0 Å². The lowest BCUT2D eigenvalue weighted by Gasteiger charge is -2.28. The first kappa shape index (κ1) is 12.5. The van der Waals surface area contributed by atoms with E-state index in [9.17, 15) is 4.79 Å². The quantitative estimate of drug-likeness (QED) is 0.629. The highest BCUT2D eigenvalue weighted by Crippen LogP contribution is 2.16. The van der Waals surface area contributed by atoms with Crippen molar-refractivity contribution in [2.24, 2.45) is 5.92 Å². The normalized spacial score (nSPS) is 26.7. The van der Waals surface area contributed by atoms with Gasteiger partial charge in [-0.05, 0) is 39.2 Å². The smallest absolute Gasteiger partial charge is 0.237 e. The van der Waals surface area contributed by atoms with Crippen LogP contribution >= 0.6 is 0 Å². The summed E-state index contributed by atoms with van der Waals surface area (Å²) in [5.74, 6) is 0.452. The Kier molecular flexibility index (Phi) is 4.11. The Morgan fingerprint density at radius 3 is 2.73 bits per heavy atom. The average molecular weight is 214 g/mol. The summed E-state index contributed by atoms with van der Waals surface area (Å²) in [5.41, 5.74) is -0.324. The molecule has 0 aromatic carbocycles. The van der Waals surface area contributed by atoms with Gasteiger partial charge in [-0.3, -0.25) is 4.79 Å². The van der Waals surface area contributed by atoms with E-state index in [0.717, 1.165) is 13.0 Å². The van der Waals surface area contributed by atoms with E-state index in [4.69, 9.17) is 5.11 Å². The van der Waals surface area contributed by atoms with Gasteiger partial charge in [0.15, 0.2) is 0 Å². The fourth-order valence-corrected chi connectivity index (χ4v) is 1.94. The Morgan fingerprint density at radius 1 is 1.60 bits per heavy atom. The van der Waals surface area contributed by atoms with E-state index in [1.165, 1.54) is 0 Å². The minimum Gasteiger partial charge on any atom is -0.396 e. The fraction of sp³-hybridized carbons (Fsp3) is 0.909. The maximum Gasteiger partial charge on any atom is 0.237 e. The molecular weight excluding hydrogens is 192 g/mol. The topological polar surface area (TPSA) is 61.4 Å². The molecular formula is C11H22N2O2. The van der Waals surface area contributed by atoms with Crippen LogP contribution in [0.4, 0.5) is 0 Å². The molecule has 1 aliphatic rings. The number of carbonyl (C=O) groups excluding carboxylic acids is 1. The van der Waals surface area contributed by atoms with E-state index in [0.29, 0.717) is 12.3 Å². The molecule has 0 spiro atoms. The second kappa shape index (κ2) is 4.94. The first-order chi connectivity index (χ1) is 6.96. The first-order valence-electron chi connectivity index (χ1n) is 5.62. The van der Waals surface area contributed by atoms with Crippen molar-refractivity contribution in [1.29, 1.82) is 0 Å². The van der Waals surface area contributed by atoms with Crippen molar-refractivity contribution >= 4 is 5.91 Å². The van der Waals surface area contributed by atoms with E-state index >= 15 is 0 Å². The highest BCUT2D eigenvalue weighted by Gasteiger charge is 2.32. The average Bonchev–Trinajstić information content (AvgIpc) is 2.50. The van der Waals surface area contributed by atoms with Crippen molar-refractivity contribution in [1.82, 2.24) is 10.6 Å². The molecule has 0 aliphatic carbocycles. The van der Waals surface area contributed by atoms with Crippen molar-refractivity contribution in [2.75, 3.05) is 13.2 Å². The molecule has 2 unspecified atom stereocenters. The van der Waals surface area contributed by atoms with Gasteiger partial charge in [0.25, 0.3) is 0 Å². The van der Waals surface area contributed by atoms with Gasteiger partial charge in [0, 0.05) is 12.1 Å². The molecule has 4 nitrogen and oxygen atoms in total. The molecule has 1 saturated heterocycles. The van der Waals surface area contributed by atoms with Gasteiger partial charge in [-0.2, -0.15) is 0 Å². The number of aliphatic hydroxyl groups excluding tert-OH is 1. The molecule has 1 amide bonds. The number of aliphatic hydroxyl groups is 1. The molecule has 0 saturated carbocycles. The second-order valence-electron chi connectivity index (χ2n) is 5.04. The molecule has 1 aliphatic heterocycles. The summed E-state index contributed by atoms with van der Waals surface area (Å²) < 4.78 is 0. The van der Waals surface area contributed by atoms with Gasteiger partial charge in [0.05, 0.1) is 6.04 Å². The maximum absolute atomic E-state index is 11.9. The molecule has 2 atom stereocenters. The van der Waals surface area contributed by atoms with Gasteiger partial charge in [0.1, 0.15) is 0 Å². The summed E-state index contributed by atoms with van der Waals surface area (Å²) in [4.78, 5) is 11.9. The Labute approximate surface area is 91.4 Å². The van der Waals surface area contributed by atoms with Crippen molar-refractivity contribution in [2.45, 2.75) is 45.2 Å². The van der Waals surface area contributed by atoms with Crippen LogP contribution in [0.25, 0.3) is 0 Å². The first-order valence-corrected chi connectivity index (χ1v) is 5.62. The minimum absolute atomic E-state index is 0.0541. The molecule has 1 rings (SSSR count). The lowest BCUT2D eigenvalue weighted by molar-refractivity contribution is -0.125. The van der Waals surface area contributed by atoms with E-state index in [2.05, 4.69) is 17.6 Å². The molecule has 0 radical (unpaired) electrons. The van der Waals surface area contributed by atoms with Crippen LogP contribution in [0.3, 0.4) is 0 Å². The van der Waals surface area contributed by atoms with Crippen LogP contribution in [-0.4, -0.2) is 35.7 Å². The lowest BCUT2D eigenvalue weighted by Crippen LogP contribution is -2.52. The van der Waals surface area contributed by atoms with Crippen LogP contribution in [0, 0.1) is 5.92 Å². The number of rotatable bonds is 4. The molecule has 0 aromatic heterocycles. The van der Waals surface area contributed by atoms with Crippen LogP contribution < -0.4 is 10.6 Å². The van der Waals surface area contributed by atoms with Crippen LogP contribution in [-0.2, 0) is 4.79 Å². The zero-order chi connectivity index (χ0) is 11.5. The third-order valence-corrected chi connectivity index (χ3v) is 3.01. The van der Waals surface area contributed by atoms with E-state index < -0.39 is 0 Å². The standard InChI is InChI=1S/C11H22N2O2/c1-8-4-6-12-9(8)10(15)13-11(2,3)5-7-14/h8-9,12,14H,4-7H2,1-3H3,(H,13,15). The molecule has 1 fully saturated rings. The maximum atomic E-state index is 11.9. The zero-order valence-electron chi connectivity index (χ0n) is 9.84. The molecule has 3 N–H and O–H groups in total. The van der Waals surface area contributed by atoms with Crippen LogP contribution in [0.1, 0.15) is 33.6 Å². The minimum atomic E-state index is -0.324. The summed E-state index contributed by atoms with van der Waals surface area (Å²) in [6.07, 6.45) is 1.64. The number of amides is 1. The third kappa shape index (κ3) is 3.47. The summed E-state index contributed by atoms with van der Waals surface area (Å²) in [5, 5.41) is 15.0. The van der Waals surface area contributed by atoms with E-state index in [1.807, 2.05) is 13.8 Å².